The second-order valence-corrected chi connectivity index (χ2v) is 5.16. The third-order valence-corrected chi connectivity index (χ3v) is 3.74. The molecule has 0 spiro atoms. The normalized spacial score (nSPS) is 11.5. The molecular formula is C17H9N5O. The Kier molecular flexibility index (Phi) is 2.40. The highest BCUT2D eigenvalue weighted by Crippen LogP contribution is 2.26. The monoisotopic (exact) mass is 299 g/mol. The van der Waals surface area contributed by atoms with Crippen LogP contribution in [0.25, 0.3) is 44.5 Å². The summed E-state index contributed by atoms with van der Waals surface area (Å²) in [5, 5.41) is 2.20. The van der Waals surface area contributed by atoms with E-state index in [2.05, 4.69) is 24.9 Å². The molecule has 0 radical (unpaired) electrons. The highest BCUT2D eigenvalue weighted by Gasteiger charge is 2.13. The predicted octanol–water partition coefficient (Wildman–Crippen LogP) is 3.38. The van der Waals surface area contributed by atoms with E-state index in [9.17, 15) is 0 Å². The lowest BCUT2D eigenvalue weighted by Crippen LogP contribution is -1.90. The minimum Gasteiger partial charge on any atom is -0.433 e. The van der Waals surface area contributed by atoms with Crippen molar-refractivity contribution in [2.45, 2.75) is 0 Å². The first-order chi connectivity index (χ1) is 11.4. The van der Waals surface area contributed by atoms with E-state index in [-0.39, 0.29) is 0 Å². The van der Waals surface area contributed by atoms with Gasteiger partial charge in [-0.05, 0) is 11.5 Å². The molecule has 4 aromatic heterocycles. The van der Waals surface area contributed by atoms with Gasteiger partial charge in [0.1, 0.15) is 17.5 Å². The van der Waals surface area contributed by atoms with Gasteiger partial charge in [0.2, 0.25) is 5.71 Å². The van der Waals surface area contributed by atoms with Crippen LogP contribution in [0.1, 0.15) is 0 Å². The summed E-state index contributed by atoms with van der Waals surface area (Å²) in [4.78, 5) is 21.6. The molecule has 23 heavy (non-hydrogen) atoms. The van der Waals surface area contributed by atoms with Crippen LogP contribution in [0.2, 0.25) is 0 Å². The number of benzene rings is 1. The third-order valence-electron chi connectivity index (χ3n) is 3.74. The van der Waals surface area contributed by atoms with Crippen LogP contribution >= 0.6 is 0 Å². The summed E-state index contributed by atoms with van der Waals surface area (Å²) in [6.45, 7) is 0. The van der Waals surface area contributed by atoms with Crippen molar-refractivity contribution in [2.75, 3.05) is 0 Å². The summed E-state index contributed by atoms with van der Waals surface area (Å²) in [5.74, 6) is 0. The largest absolute Gasteiger partial charge is 0.433 e. The van der Waals surface area contributed by atoms with Gasteiger partial charge >= 0.3 is 0 Å². The molecule has 0 saturated heterocycles. The van der Waals surface area contributed by atoms with Crippen molar-refractivity contribution in [3.05, 3.63) is 55.2 Å². The summed E-state index contributed by atoms with van der Waals surface area (Å²) in [5.41, 5.74) is 3.75. The van der Waals surface area contributed by atoms with Crippen molar-refractivity contribution < 1.29 is 4.42 Å². The Morgan fingerprint density at radius 3 is 2.65 bits per heavy atom. The lowest BCUT2D eigenvalue weighted by molar-refractivity contribution is 0.650. The van der Waals surface area contributed by atoms with Gasteiger partial charge in [-0.3, -0.25) is 4.98 Å². The van der Waals surface area contributed by atoms with E-state index in [0.717, 1.165) is 16.5 Å². The summed E-state index contributed by atoms with van der Waals surface area (Å²) >= 11 is 0. The van der Waals surface area contributed by atoms with E-state index in [1.54, 1.807) is 12.4 Å². The molecule has 0 atom stereocenters. The molecule has 0 unspecified atom stereocenters. The van der Waals surface area contributed by atoms with Crippen molar-refractivity contribution in [2.24, 2.45) is 0 Å². The molecule has 0 aliphatic heterocycles. The molecule has 0 amide bonds. The molecule has 0 fully saturated rings. The summed E-state index contributed by atoms with van der Waals surface area (Å²) in [7, 11) is 0. The van der Waals surface area contributed by atoms with Crippen molar-refractivity contribution in [1.82, 2.24) is 24.9 Å². The number of aromatic nitrogens is 5. The van der Waals surface area contributed by atoms with Gasteiger partial charge in [-0.1, -0.05) is 24.3 Å². The van der Waals surface area contributed by atoms with Gasteiger partial charge in [0.05, 0.1) is 18.1 Å². The number of hydrogen-bond donors (Lipinski definition) is 0. The fourth-order valence-electron chi connectivity index (χ4n) is 2.63. The molecule has 0 aliphatic rings. The summed E-state index contributed by atoms with van der Waals surface area (Å²) < 4.78 is 5.59. The first-order valence-electron chi connectivity index (χ1n) is 7.09. The smallest absolute Gasteiger partial charge is 0.248 e. The van der Waals surface area contributed by atoms with Gasteiger partial charge in [0, 0.05) is 11.6 Å². The molecule has 5 rings (SSSR count). The number of rotatable bonds is 1. The van der Waals surface area contributed by atoms with Gasteiger partial charge in [-0.2, -0.15) is 0 Å². The van der Waals surface area contributed by atoms with E-state index in [4.69, 9.17) is 4.42 Å². The minimum absolute atomic E-state index is 0.449. The molecule has 5 aromatic rings. The van der Waals surface area contributed by atoms with Gasteiger partial charge in [-0.15, -0.1) is 0 Å². The van der Waals surface area contributed by atoms with Crippen molar-refractivity contribution in [1.29, 1.82) is 0 Å². The lowest BCUT2D eigenvalue weighted by atomic mass is 10.1. The van der Waals surface area contributed by atoms with Crippen molar-refractivity contribution >= 4 is 33.1 Å². The maximum absolute atomic E-state index is 5.59. The molecule has 6 nitrogen and oxygen atoms in total. The number of hydrogen-bond acceptors (Lipinski definition) is 6. The first kappa shape index (κ1) is 12.2. The zero-order chi connectivity index (χ0) is 15.2. The van der Waals surface area contributed by atoms with Crippen LogP contribution in [-0.2, 0) is 0 Å². The topological polar surface area (TPSA) is 77.6 Å². The Hall–Kier alpha value is -3.41. The Balaban J connectivity index is 1.76. The fraction of sp³-hybridized carbons (Fsp3) is 0. The van der Waals surface area contributed by atoms with E-state index in [0.29, 0.717) is 28.0 Å². The molecule has 108 valence electrons. The number of fused-ring (bicyclic) bond motifs is 4. The molecule has 0 aliphatic carbocycles. The second kappa shape index (κ2) is 4.54. The van der Waals surface area contributed by atoms with Crippen LogP contribution in [0.15, 0.2) is 59.7 Å². The van der Waals surface area contributed by atoms with Crippen LogP contribution in [0.4, 0.5) is 0 Å². The summed E-state index contributed by atoms with van der Waals surface area (Å²) in [6.07, 6.45) is 6.58. The number of nitrogens with zero attached hydrogens (tertiary/aromatic N) is 5. The van der Waals surface area contributed by atoms with E-state index in [1.165, 1.54) is 6.33 Å². The fourth-order valence-corrected chi connectivity index (χ4v) is 2.63. The van der Waals surface area contributed by atoms with Crippen LogP contribution < -0.4 is 0 Å². The number of furan rings is 1. The van der Waals surface area contributed by atoms with Crippen molar-refractivity contribution in [3.8, 4) is 11.4 Å². The number of pyridine rings is 1. The Bertz CT molecular complexity index is 1180. The summed E-state index contributed by atoms with van der Waals surface area (Å²) in [6, 6.07) is 10.1. The standard InChI is InChI=1S/C17H9N5O/c1-2-4-11-6-19-12(5-10(11)3-1)13-7-20-17-16(22-13)15-14(23-17)8-18-9-21-15/h1-9H. The van der Waals surface area contributed by atoms with E-state index < -0.39 is 0 Å². The molecule has 6 heteroatoms. The zero-order valence-corrected chi connectivity index (χ0v) is 11.8. The highest BCUT2D eigenvalue weighted by atomic mass is 16.3. The molecule has 0 bridgehead atoms. The van der Waals surface area contributed by atoms with Gasteiger partial charge in [0.25, 0.3) is 0 Å². The average molecular weight is 299 g/mol. The van der Waals surface area contributed by atoms with Crippen LogP contribution in [0.5, 0.6) is 0 Å². The van der Waals surface area contributed by atoms with Crippen LogP contribution in [0.3, 0.4) is 0 Å². The Morgan fingerprint density at radius 1 is 0.783 bits per heavy atom. The predicted molar refractivity (Wildman–Crippen MR) is 85.6 cm³/mol. The first-order valence-corrected chi connectivity index (χ1v) is 7.09. The van der Waals surface area contributed by atoms with E-state index >= 15 is 0 Å². The maximum Gasteiger partial charge on any atom is 0.248 e. The molecule has 4 heterocycles. The highest BCUT2D eigenvalue weighted by molar-refractivity contribution is 5.98. The SMILES string of the molecule is c1ccc2cc(-c3cnc4oc5cncnc5c4n3)ncc2c1. The zero-order valence-electron chi connectivity index (χ0n) is 11.8. The van der Waals surface area contributed by atoms with Gasteiger partial charge in [-0.25, -0.2) is 19.9 Å². The Morgan fingerprint density at radius 2 is 1.70 bits per heavy atom. The average Bonchev–Trinajstić information content (AvgIpc) is 2.99. The van der Waals surface area contributed by atoms with Gasteiger partial charge < -0.3 is 4.42 Å². The molecule has 0 N–H and O–H groups in total. The Labute approximate surface area is 129 Å². The quantitative estimate of drug-likeness (QED) is 0.472. The van der Waals surface area contributed by atoms with Crippen LogP contribution in [0, 0.1) is 0 Å². The second-order valence-electron chi connectivity index (χ2n) is 5.16. The van der Waals surface area contributed by atoms with Crippen molar-refractivity contribution in [3.63, 3.8) is 0 Å². The maximum atomic E-state index is 5.59. The van der Waals surface area contributed by atoms with Gasteiger partial charge in [0.15, 0.2) is 11.1 Å². The minimum atomic E-state index is 0.449. The molecule has 1 aromatic carbocycles. The third kappa shape index (κ3) is 1.85. The van der Waals surface area contributed by atoms with E-state index in [1.807, 2.05) is 36.5 Å². The van der Waals surface area contributed by atoms with Crippen LogP contribution in [-0.4, -0.2) is 24.9 Å². The molecule has 0 saturated carbocycles. The lowest BCUT2D eigenvalue weighted by Gasteiger charge is -2.02. The molecular weight excluding hydrogens is 290 g/mol.